The predicted octanol–water partition coefficient (Wildman–Crippen LogP) is 0.947. The quantitative estimate of drug-likeness (QED) is 0.795. The van der Waals surface area contributed by atoms with Gasteiger partial charge in [-0.15, -0.1) is 5.10 Å². The van der Waals surface area contributed by atoms with E-state index in [1.54, 1.807) is 18.3 Å². The minimum atomic E-state index is -0.419. The second-order valence-corrected chi connectivity index (χ2v) is 4.03. The van der Waals surface area contributed by atoms with Crippen LogP contribution in [0.25, 0.3) is 0 Å². The topological polar surface area (TPSA) is 66.9 Å². The zero-order chi connectivity index (χ0) is 11.4. The summed E-state index contributed by atoms with van der Waals surface area (Å²) in [4.78, 5) is 12.1. The molecule has 1 fully saturated rings. The van der Waals surface area contributed by atoms with Gasteiger partial charge in [-0.2, -0.15) is 5.10 Å². The Labute approximate surface area is 94.6 Å². The highest BCUT2D eigenvalue weighted by Crippen LogP contribution is 2.24. The van der Waals surface area contributed by atoms with Crippen molar-refractivity contribution in [3.8, 4) is 0 Å². The molecule has 1 aliphatic heterocycles. The number of amides is 1. The Morgan fingerprint density at radius 2 is 2.56 bits per heavy atom. The molecule has 0 saturated carbocycles. The Bertz CT molecular complexity index is 360. The molecule has 1 saturated heterocycles. The SMILES string of the molecule is CCC1(C(=O)Nc2cccnn2)CCCN1. The monoisotopic (exact) mass is 220 g/mol. The van der Waals surface area contributed by atoms with Crippen LogP contribution in [0.1, 0.15) is 26.2 Å². The summed E-state index contributed by atoms with van der Waals surface area (Å²) in [7, 11) is 0. The van der Waals surface area contributed by atoms with Crippen LogP contribution in [0.4, 0.5) is 5.82 Å². The van der Waals surface area contributed by atoms with Gasteiger partial charge in [0.2, 0.25) is 5.91 Å². The van der Waals surface area contributed by atoms with Crippen molar-refractivity contribution in [1.82, 2.24) is 15.5 Å². The maximum atomic E-state index is 12.1. The van der Waals surface area contributed by atoms with E-state index in [9.17, 15) is 4.79 Å². The summed E-state index contributed by atoms with van der Waals surface area (Å²) >= 11 is 0. The lowest BCUT2D eigenvalue weighted by Gasteiger charge is -2.26. The molecule has 5 heteroatoms. The van der Waals surface area contributed by atoms with Gasteiger partial charge in [0.15, 0.2) is 5.82 Å². The molecular formula is C11H16N4O. The lowest BCUT2D eigenvalue weighted by Crippen LogP contribution is -2.50. The van der Waals surface area contributed by atoms with Gasteiger partial charge in [-0.05, 0) is 37.9 Å². The largest absolute Gasteiger partial charge is 0.308 e. The van der Waals surface area contributed by atoms with Crippen molar-refractivity contribution < 1.29 is 4.79 Å². The van der Waals surface area contributed by atoms with E-state index in [-0.39, 0.29) is 5.91 Å². The predicted molar refractivity (Wildman–Crippen MR) is 60.9 cm³/mol. The third-order valence-corrected chi connectivity index (χ3v) is 3.10. The zero-order valence-corrected chi connectivity index (χ0v) is 9.36. The van der Waals surface area contributed by atoms with E-state index in [2.05, 4.69) is 20.8 Å². The van der Waals surface area contributed by atoms with E-state index in [4.69, 9.17) is 0 Å². The van der Waals surface area contributed by atoms with Crippen molar-refractivity contribution in [2.45, 2.75) is 31.7 Å². The van der Waals surface area contributed by atoms with Crippen molar-refractivity contribution in [3.05, 3.63) is 18.3 Å². The number of anilines is 1. The van der Waals surface area contributed by atoms with Crippen molar-refractivity contribution in [2.75, 3.05) is 11.9 Å². The molecule has 2 rings (SSSR count). The van der Waals surface area contributed by atoms with E-state index < -0.39 is 5.54 Å². The number of nitrogens with zero attached hydrogens (tertiary/aromatic N) is 2. The van der Waals surface area contributed by atoms with Gasteiger partial charge in [0.05, 0.1) is 5.54 Å². The number of nitrogens with one attached hydrogen (secondary N) is 2. The summed E-state index contributed by atoms with van der Waals surface area (Å²) in [5.74, 6) is 0.502. The maximum absolute atomic E-state index is 12.1. The summed E-state index contributed by atoms with van der Waals surface area (Å²) in [5.41, 5.74) is -0.419. The third kappa shape index (κ3) is 2.04. The zero-order valence-electron chi connectivity index (χ0n) is 9.36. The molecule has 0 aromatic carbocycles. The molecule has 5 nitrogen and oxygen atoms in total. The van der Waals surface area contributed by atoms with Crippen molar-refractivity contribution in [1.29, 1.82) is 0 Å². The molecule has 86 valence electrons. The van der Waals surface area contributed by atoms with E-state index in [0.717, 1.165) is 25.8 Å². The minimum Gasteiger partial charge on any atom is -0.308 e. The Hall–Kier alpha value is -1.49. The summed E-state index contributed by atoms with van der Waals surface area (Å²) in [6, 6.07) is 3.49. The molecule has 0 bridgehead atoms. The van der Waals surface area contributed by atoms with Gasteiger partial charge in [-0.1, -0.05) is 6.92 Å². The van der Waals surface area contributed by atoms with Crippen LogP contribution in [0.3, 0.4) is 0 Å². The lowest BCUT2D eigenvalue weighted by molar-refractivity contribution is -0.122. The molecule has 0 radical (unpaired) electrons. The molecule has 1 aromatic rings. The van der Waals surface area contributed by atoms with Crippen LogP contribution < -0.4 is 10.6 Å². The van der Waals surface area contributed by atoms with Gasteiger partial charge < -0.3 is 10.6 Å². The molecule has 2 N–H and O–H groups in total. The van der Waals surface area contributed by atoms with Crippen LogP contribution in [0.2, 0.25) is 0 Å². The molecule has 1 aliphatic rings. The van der Waals surface area contributed by atoms with Gasteiger partial charge in [0, 0.05) is 6.20 Å². The highest BCUT2D eigenvalue weighted by Gasteiger charge is 2.39. The highest BCUT2D eigenvalue weighted by molar-refractivity contribution is 5.97. The lowest BCUT2D eigenvalue weighted by atomic mass is 9.93. The average Bonchev–Trinajstić information content (AvgIpc) is 2.80. The highest BCUT2D eigenvalue weighted by atomic mass is 16.2. The molecule has 1 amide bonds. The molecule has 2 heterocycles. The molecule has 16 heavy (non-hydrogen) atoms. The van der Waals surface area contributed by atoms with Crippen molar-refractivity contribution >= 4 is 11.7 Å². The number of rotatable bonds is 3. The Kier molecular flexibility index (Phi) is 3.14. The molecular weight excluding hydrogens is 204 g/mol. The first kappa shape index (κ1) is 11.0. The van der Waals surface area contributed by atoms with Crippen LogP contribution in [0.15, 0.2) is 18.3 Å². The van der Waals surface area contributed by atoms with Crippen LogP contribution in [0.5, 0.6) is 0 Å². The Morgan fingerprint density at radius 1 is 1.69 bits per heavy atom. The summed E-state index contributed by atoms with van der Waals surface area (Å²) in [6.07, 6.45) is 4.30. The first-order valence-electron chi connectivity index (χ1n) is 5.61. The Morgan fingerprint density at radius 3 is 3.12 bits per heavy atom. The van der Waals surface area contributed by atoms with E-state index in [1.165, 1.54) is 0 Å². The summed E-state index contributed by atoms with van der Waals surface area (Å²) in [5, 5.41) is 13.7. The van der Waals surface area contributed by atoms with Gasteiger partial charge in [0.25, 0.3) is 0 Å². The van der Waals surface area contributed by atoms with Crippen molar-refractivity contribution in [3.63, 3.8) is 0 Å². The number of carbonyl (C=O) groups excluding carboxylic acids is 1. The van der Waals surface area contributed by atoms with Crippen LogP contribution in [-0.4, -0.2) is 28.2 Å². The fourth-order valence-corrected chi connectivity index (χ4v) is 2.07. The molecule has 0 spiro atoms. The normalized spacial score (nSPS) is 24.3. The fraction of sp³-hybridized carbons (Fsp3) is 0.545. The fourth-order valence-electron chi connectivity index (χ4n) is 2.07. The standard InChI is InChI=1S/C11H16N4O/c1-2-11(6-4-7-12-11)10(16)14-9-5-3-8-13-15-9/h3,5,8,12H,2,4,6-7H2,1H3,(H,14,15,16). The second kappa shape index (κ2) is 4.57. The van der Waals surface area contributed by atoms with Gasteiger partial charge in [0.1, 0.15) is 0 Å². The van der Waals surface area contributed by atoms with Gasteiger partial charge in [-0.25, -0.2) is 0 Å². The average molecular weight is 220 g/mol. The first-order chi connectivity index (χ1) is 7.77. The summed E-state index contributed by atoms with van der Waals surface area (Å²) in [6.45, 7) is 2.93. The van der Waals surface area contributed by atoms with Gasteiger partial charge >= 0.3 is 0 Å². The summed E-state index contributed by atoms with van der Waals surface area (Å²) < 4.78 is 0. The van der Waals surface area contributed by atoms with Crippen molar-refractivity contribution in [2.24, 2.45) is 0 Å². The van der Waals surface area contributed by atoms with E-state index in [0.29, 0.717) is 5.82 Å². The number of carbonyl (C=O) groups is 1. The second-order valence-electron chi connectivity index (χ2n) is 4.03. The van der Waals surface area contributed by atoms with E-state index >= 15 is 0 Å². The smallest absolute Gasteiger partial charge is 0.245 e. The number of hydrogen-bond acceptors (Lipinski definition) is 4. The Balaban J connectivity index is 2.07. The van der Waals surface area contributed by atoms with Crippen LogP contribution in [-0.2, 0) is 4.79 Å². The molecule has 1 atom stereocenters. The maximum Gasteiger partial charge on any atom is 0.245 e. The third-order valence-electron chi connectivity index (χ3n) is 3.10. The van der Waals surface area contributed by atoms with E-state index in [1.807, 2.05) is 6.92 Å². The molecule has 1 unspecified atom stereocenters. The van der Waals surface area contributed by atoms with Crippen LogP contribution in [0, 0.1) is 0 Å². The first-order valence-corrected chi connectivity index (χ1v) is 5.61. The number of hydrogen-bond donors (Lipinski definition) is 2. The van der Waals surface area contributed by atoms with Crippen LogP contribution >= 0.6 is 0 Å². The van der Waals surface area contributed by atoms with Gasteiger partial charge in [-0.3, -0.25) is 4.79 Å². The molecule has 1 aromatic heterocycles. The number of aromatic nitrogens is 2. The molecule has 0 aliphatic carbocycles. The minimum absolute atomic E-state index is 0.00648.